The molecule has 1 aromatic heterocycles. The molecule has 0 unspecified atom stereocenters. The summed E-state index contributed by atoms with van der Waals surface area (Å²) in [5, 5.41) is 6.80. The van der Waals surface area contributed by atoms with Gasteiger partial charge < -0.3 is 15.6 Å². The van der Waals surface area contributed by atoms with Gasteiger partial charge in [-0.15, -0.1) is 11.8 Å². The first-order valence-corrected chi connectivity index (χ1v) is 8.75. The molecule has 1 aromatic carbocycles. The maximum atomic E-state index is 12.3. The van der Waals surface area contributed by atoms with Crippen molar-refractivity contribution in [1.29, 1.82) is 0 Å². The first kappa shape index (κ1) is 19.0. The van der Waals surface area contributed by atoms with Crippen molar-refractivity contribution in [1.82, 2.24) is 10.1 Å². The largest absolute Gasteiger partial charge is 0.369 e. The maximum absolute atomic E-state index is 12.3. The smallest absolute Gasteiger partial charge is 0.238 e. The van der Waals surface area contributed by atoms with Crippen molar-refractivity contribution < 1.29 is 14.1 Å². The third-order valence-corrected chi connectivity index (χ3v) is 4.65. The number of likely N-dealkylation sites (N-methyl/N-ethyl adjacent to an activating group) is 1. The number of rotatable bonds is 8. The van der Waals surface area contributed by atoms with Crippen molar-refractivity contribution in [2.45, 2.75) is 25.3 Å². The SMILES string of the molecule is Cc1noc(C)c1CN(C)CC(=O)Nc1ccccc1SCC(N)=O. The number of primary amides is 1. The van der Waals surface area contributed by atoms with Crippen LogP contribution in [0.4, 0.5) is 5.69 Å². The lowest BCUT2D eigenvalue weighted by Crippen LogP contribution is -2.30. The standard InChI is InChI=1S/C17H22N4O3S/c1-11-13(12(2)24-20-11)8-21(3)9-17(23)19-14-6-4-5-7-15(14)25-10-16(18)22/h4-7H,8-10H2,1-3H3,(H2,18,22)(H,19,23). The fourth-order valence-corrected chi connectivity index (χ4v) is 3.08. The number of aryl methyl sites for hydroxylation is 2. The molecule has 0 saturated carbocycles. The van der Waals surface area contributed by atoms with E-state index in [2.05, 4.69) is 10.5 Å². The highest BCUT2D eigenvalue weighted by atomic mass is 32.2. The Morgan fingerprint density at radius 2 is 2.04 bits per heavy atom. The minimum Gasteiger partial charge on any atom is -0.369 e. The molecule has 0 spiro atoms. The van der Waals surface area contributed by atoms with Crippen molar-refractivity contribution in [3.05, 3.63) is 41.3 Å². The summed E-state index contributed by atoms with van der Waals surface area (Å²) >= 11 is 1.30. The van der Waals surface area contributed by atoms with Gasteiger partial charge >= 0.3 is 0 Å². The van der Waals surface area contributed by atoms with Crippen LogP contribution in [0.3, 0.4) is 0 Å². The molecule has 7 nitrogen and oxygen atoms in total. The topological polar surface area (TPSA) is 101 Å². The van der Waals surface area contributed by atoms with Gasteiger partial charge in [-0.2, -0.15) is 0 Å². The molecule has 0 radical (unpaired) electrons. The number of carbonyl (C=O) groups excluding carboxylic acids is 2. The third-order valence-electron chi connectivity index (χ3n) is 3.55. The zero-order valence-electron chi connectivity index (χ0n) is 14.5. The van der Waals surface area contributed by atoms with Crippen molar-refractivity contribution in [2.75, 3.05) is 24.7 Å². The molecule has 2 amide bonds. The normalized spacial score (nSPS) is 10.9. The van der Waals surface area contributed by atoms with Gasteiger partial charge in [-0.1, -0.05) is 17.3 Å². The Morgan fingerprint density at radius 1 is 1.32 bits per heavy atom. The van der Waals surface area contributed by atoms with E-state index in [9.17, 15) is 9.59 Å². The summed E-state index contributed by atoms with van der Waals surface area (Å²) in [6.07, 6.45) is 0. The van der Waals surface area contributed by atoms with Gasteiger partial charge in [0, 0.05) is 17.0 Å². The number of para-hydroxylation sites is 1. The lowest BCUT2D eigenvalue weighted by Gasteiger charge is -2.17. The molecule has 2 aromatic rings. The summed E-state index contributed by atoms with van der Waals surface area (Å²) in [5.74, 6) is 0.392. The molecule has 1 heterocycles. The minimum absolute atomic E-state index is 0.138. The van der Waals surface area contributed by atoms with Gasteiger partial charge in [-0.3, -0.25) is 14.5 Å². The summed E-state index contributed by atoms with van der Waals surface area (Å²) in [6.45, 7) is 4.53. The van der Waals surface area contributed by atoms with Gasteiger partial charge in [0.05, 0.1) is 23.7 Å². The number of nitrogens with zero attached hydrogens (tertiary/aromatic N) is 2. The summed E-state index contributed by atoms with van der Waals surface area (Å²) in [7, 11) is 1.86. The second kappa shape index (κ2) is 8.68. The van der Waals surface area contributed by atoms with Crippen LogP contribution < -0.4 is 11.1 Å². The number of thioether (sulfide) groups is 1. The van der Waals surface area contributed by atoms with Crippen LogP contribution in [0.5, 0.6) is 0 Å². The Labute approximate surface area is 150 Å². The molecule has 0 bridgehead atoms. The Balaban J connectivity index is 1.95. The van der Waals surface area contributed by atoms with Crippen LogP contribution in [0.1, 0.15) is 17.0 Å². The fourth-order valence-electron chi connectivity index (χ4n) is 2.33. The van der Waals surface area contributed by atoms with Crippen LogP contribution in [0, 0.1) is 13.8 Å². The number of anilines is 1. The molecule has 8 heteroatoms. The average molecular weight is 362 g/mol. The Bertz CT molecular complexity index is 741. The molecule has 2 rings (SSSR count). The lowest BCUT2D eigenvalue weighted by molar-refractivity contribution is -0.117. The zero-order valence-corrected chi connectivity index (χ0v) is 15.4. The number of hydrogen-bond donors (Lipinski definition) is 2. The van der Waals surface area contributed by atoms with E-state index in [0.29, 0.717) is 12.2 Å². The van der Waals surface area contributed by atoms with Crippen molar-refractivity contribution >= 4 is 29.3 Å². The quantitative estimate of drug-likeness (QED) is 0.696. The molecule has 0 aliphatic carbocycles. The van der Waals surface area contributed by atoms with E-state index in [1.165, 1.54) is 11.8 Å². The van der Waals surface area contributed by atoms with Gasteiger partial charge in [0.25, 0.3) is 0 Å². The molecule has 0 saturated heterocycles. The number of hydrogen-bond acceptors (Lipinski definition) is 6. The van der Waals surface area contributed by atoms with Crippen molar-refractivity contribution in [2.24, 2.45) is 5.73 Å². The van der Waals surface area contributed by atoms with Crippen LogP contribution in [0.25, 0.3) is 0 Å². The summed E-state index contributed by atoms with van der Waals surface area (Å²) < 4.78 is 5.14. The van der Waals surface area contributed by atoms with Gasteiger partial charge in [0.15, 0.2) is 0 Å². The van der Waals surface area contributed by atoms with Crippen LogP contribution in [0.15, 0.2) is 33.7 Å². The van der Waals surface area contributed by atoms with E-state index in [1.807, 2.05) is 44.0 Å². The maximum Gasteiger partial charge on any atom is 0.238 e. The first-order chi connectivity index (χ1) is 11.9. The van der Waals surface area contributed by atoms with E-state index in [-0.39, 0.29) is 18.2 Å². The van der Waals surface area contributed by atoms with Gasteiger partial charge in [0.1, 0.15) is 5.76 Å². The van der Waals surface area contributed by atoms with Gasteiger partial charge in [-0.25, -0.2) is 0 Å². The highest BCUT2D eigenvalue weighted by molar-refractivity contribution is 8.00. The molecule has 0 aliphatic heterocycles. The number of amides is 2. The number of nitrogens with one attached hydrogen (secondary N) is 1. The van der Waals surface area contributed by atoms with E-state index < -0.39 is 5.91 Å². The first-order valence-electron chi connectivity index (χ1n) is 7.77. The number of nitrogens with two attached hydrogens (primary N) is 1. The number of carbonyl (C=O) groups is 2. The van der Waals surface area contributed by atoms with Gasteiger partial charge in [-0.05, 0) is 33.0 Å². The number of aromatic nitrogens is 1. The van der Waals surface area contributed by atoms with Gasteiger partial charge in [0.2, 0.25) is 11.8 Å². The third kappa shape index (κ3) is 5.61. The molecule has 0 fully saturated rings. The molecule has 134 valence electrons. The Hall–Kier alpha value is -2.32. The fraction of sp³-hybridized carbons (Fsp3) is 0.353. The van der Waals surface area contributed by atoms with Crippen LogP contribution in [-0.2, 0) is 16.1 Å². The van der Waals surface area contributed by atoms with E-state index in [0.717, 1.165) is 21.9 Å². The molecule has 0 aliphatic rings. The lowest BCUT2D eigenvalue weighted by atomic mass is 10.2. The van der Waals surface area contributed by atoms with E-state index in [4.69, 9.17) is 10.3 Å². The minimum atomic E-state index is -0.398. The molecular weight excluding hydrogens is 340 g/mol. The second-order valence-corrected chi connectivity index (χ2v) is 6.79. The van der Waals surface area contributed by atoms with Crippen LogP contribution in [-0.4, -0.2) is 41.2 Å². The van der Waals surface area contributed by atoms with E-state index in [1.54, 1.807) is 6.07 Å². The molecule has 25 heavy (non-hydrogen) atoms. The highest BCUT2D eigenvalue weighted by Gasteiger charge is 2.14. The monoisotopic (exact) mass is 362 g/mol. The van der Waals surface area contributed by atoms with Crippen LogP contribution in [0.2, 0.25) is 0 Å². The molecule has 0 atom stereocenters. The summed E-state index contributed by atoms with van der Waals surface area (Å²) in [5.41, 5.74) is 7.68. The molecule has 3 N–H and O–H groups in total. The average Bonchev–Trinajstić information content (AvgIpc) is 2.85. The predicted molar refractivity (Wildman–Crippen MR) is 97.3 cm³/mol. The molecular formula is C17H22N4O3S. The Morgan fingerprint density at radius 3 is 2.68 bits per heavy atom. The summed E-state index contributed by atoms with van der Waals surface area (Å²) in [4.78, 5) is 26.0. The summed E-state index contributed by atoms with van der Waals surface area (Å²) in [6, 6.07) is 7.33. The zero-order chi connectivity index (χ0) is 18.4. The number of benzene rings is 1. The second-order valence-electron chi connectivity index (χ2n) is 5.77. The van der Waals surface area contributed by atoms with E-state index >= 15 is 0 Å². The van der Waals surface area contributed by atoms with Crippen molar-refractivity contribution in [3.8, 4) is 0 Å². The van der Waals surface area contributed by atoms with Crippen LogP contribution >= 0.6 is 11.8 Å². The highest BCUT2D eigenvalue weighted by Crippen LogP contribution is 2.26. The van der Waals surface area contributed by atoms with Crippen molar-refractivity contribution in [3.63, 3.8) is 0 Å². The predicted octanol–water partition coefficient (Wildman–Crippen LogP) is 1.94. The Kier molecular flexibility index (Phi) is 6.60.